The third kappa shape index (κ3) is 3.21. The molecule has 88 valence electrons. The number of carboxylic acids is 1. The van der Waals surface area contributed by atoms with Gasteiger partial charge in [-0.1, -0.05) is 5.92 Å². The highest BCUT2D eigenvalue weighted by Gasteiger charge is 2.17. The normalized spacial score (nSPS) is 9.00. The number of rotatable bonds is 4. The van der Waals surface area contributed by atoms with Crippen LogP contribution >= 0.6 is 0 Å². The van der Waals surface area contributed by atoms with Gasteiger partial charge in [-0.05, 0) is 13.0 Å². The summed E-state index contributed by atoms with van der Waals surface area (Å²) in [5.74, 6) is 3.86. The average Bonchev–Trinajstić information content (AvgIpc) is 2.28. The fourth-order valence-electron chi connectivity index (χ4n) is 1.10. The highest BCUT2D eigenvalue weighted by molar-refractivity contribution is 5.88. The summed E-state index contributed by atoms with van der Waals surface area (Å²) in [7, 11) is 0. The summed E-state index contributed by atoms with van der Waals surface area (Å²) in [4.78, 5) is 20.8. The van der Waals surface area contributed by atoms with E-state index in [2.05, 4.69) is 11.8 Å². The highest BCUT2D eigenvalue weighted by atomic mass is 16.6. The summed E-state index contributed by atoms with van der Waals surface area (Å²) in [6.07, 6.45) is 0. The van der Waals surface area contributed by atoms with Gasteiger partial charge in [0.1, 0.15) is 6.61 Å². The van der Waals surface area contributed by atoms with Gasteiger partial charge in [-0.25, -0.2) is 4.79 Å². The van der Waals surface area contributed by atoms with Crippen LogP contribution in [0.2, 0.25) is 0 Å². The lowest BCUT2D eigenvalue weighted by atomic mass is 10.2. The Labute approximate surface area is 97.0 Å². The number of hydrogen-bond donors (Lipinski definition) is 1. The molecule has 0 bridgehead atoms. The van der Waals surface area contributed by atoms with Gasteiger partial charge < -0.3 is 9.84 Å². The lowest BCUT2D eigenvalue weighted by Crippen LogP contribution is -2.02. The first kappa shape index (κ1) is 12.5. The van der Waals surface area contributed by atoms with Crippen LogP contribution in [0, 0.1) is 22.0 Å². The number of benzene rings is 1. The first-order chi connectivity index (χ1) is 8.06. The van der Waals surface area contributed by atoms with Crippen molar-refractivity contribution in [2.45, 2.75) is 6.92 Å². The molecule has 0 amide bonds. The van der Waals surface area contributed by atoms with Gasteiger partial charge in [-0.15, -0.1) is 5.92 Å². The van der Waals surface area contributed by atoms with Gasteiger partial charge in [-0.2, -0.15) is 0 Å². The third-order valence-electron chi connectivity index (χ3n) is 1.88. The van der Waals surface area contributed by atoms with E-state index in [-0.39, 0.29) is 23.6 Å². The van der Waals surface area contributed by atoms with E-state index in [0.717, 1.165) is 18.2 Å². The van der Waals surface area contributed by atoms with Gasteiger partial charge in [0.05, 0.1) is 10.5 Å². The van der Waals surface area contributed by atoms with Gasteiger partial charge >= 0.3 is 11.7 Å². The van der Waals surface area contributed by atoms with Crippen molar-refractivity contribution in [3.05, 3.63) is 33.9 Å². The largest absolute Gasteiger partial charge is 0.478 e. The summed E-state index contributed by atoms with van der Waals surface area (Å²) in [5, 5.41) is 19.4. The van der Waals surface area contributed by atoms with Gasteiger partial charge in [0.25, 0.3) is 0 Å². The number of hydrogen-bond acceptors (Lipinski definition) is 4. The number of nitrogens with zero attached hydrogens (tertiary/aromatic N) is 1. The van der Waals surface area contributed by atoms with Crippen molar-refractivity contribution < 1.29 is 19.6 Å². The van der Waals surface area contributed by atoms with E-state index < -0.39 is 10.9 Å². The van der Waals surface area contributed by atoms with Crippen molar-refractivity contribution in [2.75, 3.05) is 6.61 Å². The Morgan fingerprint density at radius 2 is 2.29 bits per heavy atom. The zero-order valence-corrected chi connectivity index (χ0v) is 8.97. The fraction of sp³-hybridized carbons (Fsp3) is 0.182. The second-order valence-electron chi connectivity index (χ2n) is 2.96. The molecule has 0 fully saturated rings. The van der Waals surface area contributed by atoms with E-state index in [0.29, 0.717) is 0 Å². The molecule has 0 unspecified atom stereocenters. The molecule has 1 aromatic rings. The third-order valence-corrected chi connectivity index (χ3v) is 1.88. The van der Waals surface area contributed by atoms with E-state index in [1.807, 2.05) is 0 Å². The Bertz CT molecular complexity index is 512. The average molecular weight is 235 g/mol. The number of aromatic carboxylic acids is 1. The topological polar surface area (TPSA) is 89.7 Å². The number of nitro groups is 1. The van der Waals surface area contributed by atoms with Crippen molar-refractivity contribution in [3.63, 3.8) is 0 Å². The van der Waals surface area contributed by atoms with Crippen molar-refractivity contribution in [3.8, 4) is 17.6 Å². The minimum atomic E-state index is -1.17. The van der Waals surface area contributed by atoms with Crippen molar-refractivity contribution >= 4 is 11.7 Å². The minimum Gasteiger partial charge on any atom is -0.478 e. The summed E-state index contributed by atoms with van der Waals surface area (Å²) < 4.78 is 5.05. The predicted octanol–water partition coefficient (Wildman–Crippen LogP) is 1.70. The fourth-order valence-corrected chi connectivity index (χ4v) is 1.10. The molecule has 0 saturated carbocycles. The maximum atomic E-state index is 10.7. The molecular weight excluding hydrogens is 226 g/mol. The number of carbonyl (C=O) groups is 1. The summed E-state index contributed by atoms with van der Waals surface area (Å²) in [5.41, 5.74) is -0.358. The second kappa shape index (κ2) is 5.51. The maximum absolute atomic E-state index is 10.7. The zero-order chi connectivity index (χ0) is 12.8. The molecular formula is C11H9NO5. The van der Waals surface area contributed by atoms with Gasteiger partial charge in [0, 0.05) is 12.1 Å². The molecule has 0 aromatic heterocycles. The Morgan fingerprint density at radius 3 is 2.82 bits per heavy atom. The lowest BCUT2D eigenvalue weighted by molar-refractivity contribution is -0.385. The van der Waals surface area contributed by atoms with E-state index in [4.69, 9.17) is 9.84 Å². The zero-order valence-electron chi connectivity index (χ0n) is 8.97. The van der Waals surface area contributed by atoms with Crippen molar-refractivity contribution in [1.29, 1.82) is 0 Å². The molecule has 0 heterocycles. The molecule has 1 rings (SSSR count). The first-order valence-corrected chi connectivity index (χ1v) is 4.60. The number of nitro benzene ring substituents is 1. The Morgan fingerprint density at radius 1 is 1.59 bits per heavy atom. The minimum absolute atomic E-state index is 0.0274. The van der Waals surface area contributed by atoms with Crippen molar-refractivity contribution in [1.82, 2.24) is 0 Å². The highest BCUT2D eigenvalue weighted by Crippen LogP contribution is 2.27. The lowest BCUT2D eigenvalue weighted by Gasteiger charge is -2.04. The van der Waals surface area contributed by atoms with Crippen molar-refractivity contribution in [2.24, 2.45) is 0 Å². The summed E-state index contributed by atoms with van der Waals surface area (Å²) >= 11 is 0. The van der Waals surface area contributed by atoms with E-state index in [1.54, 1.807) is 6.92 Å². The molecule has 0 atom stereocenters. The van der Waals surface area contributed by atoms with Crippen LogP contribution in [0.3, 0.4) is 0 Å². The van der Waals surface area contributed by atoms with Crippen LogP contribution in [-0.4, -0.2) is 22.6 Å². The first-order valence-electron chi connectivity index (χ1n) is 4.60. The molecule has 0 saturated heterocycles. The molecule has 1 N–H and O–H groups in total. The molecule has 0 aliphatic heterocycles. The molecule has 0 radical (unpaired) electrons. The molecule has 17 heavy (non-hydrogen) atoms. The monoisotopic (exact) mass is 235 g/mol. The molecule has 0 spiro atoms. The SMILES string of the molecule is CC#CCOc1cc(C(=O)O)ccc1[N+](=O)[O-]. The molecule has 6 heteroatoms. The summed E-state index contributed by atoms with van der Waals surface area (Å²) in [6, 6.07) is 3.36. The van der Waals surface area contributed by atoms with Gasteiger partial charge in [0.15, 0.2) is 5.75 Å². The van der Waals surface area contributed by atoms with Gasteiger partial charge in [-0.3, -0.25) is 10.1 Å². The Kier molecular flexibility index (Phi) is 4.06. The molecule has 6 nitrogen and oxygen atoms in total. The molecule has 1 aromatic carbocycles. The van der Waals surface area contributed by atoms with E-state index in [9.17, 15) is 14.9 Å². The second-order valence-corrected chi connectivity index (χ2v) is 2.96. The van der Waals surface area contributed by atoms with E-state index in [1.165, 1.54) is 0 Å². The Balaban J connectivity index is 3.09. The molecule has 0 aliphatic carbocycles. The maximum Gasteiger partial charge on any atom is 0.335 e. The van der Waals surface area contributed by atoms with Crippen LogP contribution in [0.5, 0.6) is 5.75 Å². The van der Waals surface area contributed by atoms with Crippen LogP contribution in [0.1, 0.15) is 17.3 Å². The standard InChI is InChI=1S/C11H9NO5/c1-2-3-6-17-10-7-8(11(13)14)4-5-9(10)12(15)16/h4-5,7H,6H2,1H3,(H,13,14). The van der Waals surface area contributed by atoms with Crippen LogP contribution in [0.15, 0.2) is 18.2 Å². The number of carboxylic acid groups (broad SMARTS) is 1. The number of ether oxygens (including phenoxy) is 1. The van der Waals surface area contributed by atoms with Crippen LogP contribution in [0.25, 0.3) is 0 Å². The Hall–Kier alpha value is -2.55. The van der Waals surface area contributed by atoms with Crippen LogP contribution in [0.4, 0.5) is 5.69 Å². The van der Waals surface area contributed by atoms with E-state index >= 15 is 0 Å². The molecule has 0 aliphatic rings. The van der Waals surface area contributed by atoms with Crippen LogP contribution < -0.4 is 4.74 Å². The quantitative estimate of drug-likeness (QED) is 0.487. The smallest absolute Gasteiger partial charge is 0.335 e. The van der Waals surface area contributed by atoms with Crippen LogP contribution in [-0.2, 0) is 0 Å². The van der Waals surface area contributed by atoms with Gasteiger partial charge in [0.2, 0.25) is 0 Å². The predicted molar refractivity (Wildman–Crippen MR) is 59.0 cm³/mol. The summed E-state index contributed by atoms with van der Waals surface area (Å²) in [6.45, 7) is 1.58.